The number of benzene rings is 1. The van der Waals surface area contributed by atoms with E-state index in [0.717, 1.165) is 16.4 Å². The Morgan fingerprint density at radius 3 is 2.56 bits per heavy atom. The number of carbonyl (C=O) groups is 2. The first kappa shape index (κ1) is 19.4. The molecule has 2 aliphatic heterocycles. The quantitative estimate of drug-likeness (QED) is 0.466. The van der Waals surface area contributed by atoms with Gasteiger partial charge in [0.1, 0.15) is 17.3 Å². The molecule has 1 aromatic rings. The van der Waals surface area contributed by atoms with Gasteiger partial charge >= 0.3 is 5.97 Å². The third-order valence-corrected chi connectivity index (χ3v) is 7.95. The zero-order valence-corrected chi connectivity index (χ0v) is 18.5. The number of hydrogen-bond donors (Lipinski definition) is 0. The summed E-state index contributed by atoms with van der Waals surface area (Å²) in [5.41, 5.74) is -0.875. The molecule has 2 heterocycles. The third-order valence-electron chi connectivity index (χ3n) is 7.23. The van der Waals surface area contributed by atoms with E-state index in [-0.39, 0.29) is 29.5 Å². The SMILES string of the molecule is CC(C)[C@@]12C[C@H](OC(=O)c3ccc(I)cc3)[C@@](C)(O1)[C@H]1CC[C@H](C)[C@H]1C2=O. The van der Waals surface area contributed by atoms with Crippen LogP contribution in [-0.4, -0.2) is 29.1 Å². The molecule has 1 aliphatic carbocycles. The molecule has 27 heavy (non-hydrogen) atoms. The predicted octanol–water partition coefficient (Wildman–Crippen LogP) is 4.64. The monoisotopic (exact) mass is 482 g/mol. The van der Waals surface area contributed by atoms with E-state index in [1.807, 2.05) is 26.0 Å². The Morgan fingerprint density at radius 2 is 1.93 bits per heavy atom. The van der Waals surface area contributed by atoms with Gasteiger partial charge in [0, 0.05) is 21.8 Å². The summed E-state index contributed by atoms with van der Waals surface area (Å²) in [6.45, 7) is 8.33. The van der Waals surface area contributed by atoms with Gasteiger partial charge in [0.2, 0.25) is 0 Å². The van der Waals surface area contributed by atoms with E-state index in [2.05, 4.69) is 36.4 Å². The van der Waals surface area contributed by atoms with Gasteiger partial charge in [-0.25, -0.2) is 4.79 Å². The molecule has 5 heteroatoms. The minimum atomic E-state index is -0.828. The lowest BCUT2D eigenvalue weighted by Crippen LogP contribution is -2.59. The van der Waals surface area contributed by atoms with Crippen molar-refractivity contribution < 1.29 is 19.1 Å². The van der Waals surface area contributed by atoms with Gasteiger partial charge < -0.3 is 9.47 Å². The van der Waals surface area contributed by atoms with Gasteiger partial charge in [-0.15, -0.1) is 0 Å². The van der Waals surface area contributed by atoms with Gasteiger partial charge in [0.05, 0.1) is 5.56 Å². The molecule has 2 bridgehead atoms. The van der Waals surface area contributed by atoms with E-state index >= 15 is 0 Å². The second-order valence-electron chi connectivity index (χ2n) is 8.99. The fraction of sp³-hybridized carbons (Fsp3) is 0.636. The van der Waals surface area contributed by atoms with Crippen molar-refractivity contribution in [3.05, 3.63) is 33.4 Å². The average Bonchev–Trinajstić information content (AvgIpc) is 3.13. The van der Waals surface area contributed by atoms with Crippen molar-refractivity contribution in [1.29, 1.82) is 0 Å². The van der Waals surface area contributed by atoms with Crippen LogP contribution in [0.5, 0.6) is 0 Å². The summed E-state index contributed by atoms with van der Waals surface area (Å²) in [6.07, 6.45) is 2.07. The highest BCUT2D eigenvalue weighted by atomic mass is 127. The molecule has 0 amide bonds. The van der Waals surface area contributed by atoms with Crippen LogP contribution >= 0.6 is 22.6 Å². The molecule has 1 aromatic carbocycles. The Kier molecular flexibility index (Phi) is 4.70. The fourth-order valence-electron chi connectivity index (χ4n) is 5.59. The average molecular weight is 482 g/mol. The molecule has 4 nitrogen and oxygen atoms in total. The lowest BCUT2D eigenvalue weighted by Gasteiger charge is -2.47. The summed E-state index contributed by atoms with van der Waals surface area (Å²) in [5.74, 6) is 0.479. The number of fused-ring (bicyclic) bond motifs is 4. The van der Waals surface area contributed by atoms with Gasteiger partial charge in [0.25, 0.3) is 0 Å². The molecule has 3 aliphatic rings. The number of ketones is 1. The Hall–Kier alpha value is -0.950. The van der Waals surface area contributed by atoms with Crippen molar-refractivity contribution in [2.45, 2.75) is 64.3 Å². The van der Waals surface area contributed by atoms with Crippen LogP contribution < -0.4 is 0 Å². The van der Waals surface area contributed by atoms with Gasteiger partial charge in [-0.1, -0.05) is 20.8 Å². The number of ether oxygens (including phenoxy) is 2. The van der Waals surface area contributed by atoms with Crippen molar-refractivity contribution in [3.63, 3.8) is 0 Å². The van der Waals surface area contributed by atoms with Crippen LogP contribution in [0.4, 0.5) is 0 Å². The Bertz CT molecular complexity index is 773. The number of halogens is 1. The van der Waals surface area contributed by atoms with Crippen LogP contribution in [0.1, 0.15) is 57.3 Å². The maximum atomic E-state index is 13.5. The third kappa shape index (κ3) is 2.79. The smallest absolute Gasteiger partial charge is 0.338 e. The first-order chi connectivity index (χ1) is 12.7. The molecule has 3 fully saturated rings. The standard InChI is InChI=1S/C22H27IO4/c1-12(2)22-11-17(26-20(25)14-6-8-15(23)9-7-14)21(4,27-22)16-10-5-13(3)18(16)19(22)24/h6-9,12-13,16-18H,5,10-11H2,1-4H3/t13-,16-,17-,18+,21-,22+/m0/s1. The topological polar surface area (TPSA) is 52.6 Å². The lowest BCUT2D eigenvalue weighted by molar-refractivity contribution is -0.206. The van der Waals surface area contributed by atoms with E-state index in [1.54, 1.807) is 12.1 Å². The zero-order valence-electron chi connectivity index (χ0n) is 16.3. The number of esters is 1. The highest BCUT2D eigenvalue weighted by Gasteiger charge is 2.71. The maximum Gasteiger partial charge on any atom is 0.338 e. The van der Waals surface area contributed by atoms with Crippen LogP contribution in [0.15, 0.2) is 24.3 Å². The zero-order chi connectivity index (χ0) is 19.6. The van der Waals surface area contributed by atoms with Crippen LogP contribution in [0, 0.1) is 27.2 Å². The van der Waals surface area contributed by atoms with Crippen molar-refractivity contribution in [2.75, 3.05) is 0 Å². The molecule has 0 unspecified atom stereocenters. The van der Waals surface area contributed by atoms with Crippen molar-refractivity contribution in [3.8, 4) is 0 Å². The van der Waals surface area contributed by atoms with Gasteiger partial charge in [0.15, 0.2) is 5.78 Å². The van der Waals surface area contributed by atoms with E-state index in [0.29, 0.717) is 17.9 Å². The molecule has 4 rings (SSSR count). The van der Waals surface area contributed by atoms with Crippen LogP contribution in [0.25, 0.3) is 0 Å². The second-order valence-corrected chi connectivity index (χ2v) is 10.2. The molecule has 0 aromatic heterocycles. The summed E-state index contributed by atoms with van der Waals surface area (Å²) < 4.78 is 13.6. The summed E-state index contributed by atoms with van der Waals surface area (Å²) in [4.78, 5) is 26.2. The maximum absolute atomic E-state index is 13.5. The van der Waals surface area contributed by atoms with Gasteiger partial charge in [-0.05, 0) is 78.5 Å². The second kappa shape index (κ2) is 6.55. The van der Waals surface area contributed by atoms with Crippen LogP contribution in [0.3, 0.4) is 0 Å². The number of rotatable bonds is 3. The molecule has 1 saturated carbocycles. The molecule has 0 spiro atoms. The minimum absolute atomic E-state index is 0.0214. The Labute approximate surface area is 174 Å². The predicted molar refractivity (Wildman–Crippen MR) is 110 cm³/mol. The first-order valence-electron chi connectivity index (χ1n) is 9.90. The summed E-state index contributed by atoms with van der Waals surface area (Å²) in [5, 5.41) is 0. The summed E-state index contributed by atoms with van der Waals surface area (Å²) in [7, 11) is 0. The van der Waals surface area contributed by atoms with Crippen LogP contribution in [-0.2, 0) is 14.3 Å². The number of Topliss-reactive ketones (excluding diaryl/α,β-unsaturated/α-hetero) is 1. The van der Waals surface area contributed by atoms with Crippen molar-refractivity contribution in [1.82, 2.24) is 0 Å². The van der Waals surface area contributed by atoms with E-state index < -0.39 is 17.3 Å². The molecular weight excluding hydrogens is 455 g/mol. The molecule has 2 saturated heterocycles. The molecule has 146 valence electrons. The highest BCUT2D eigenvalue weighted by molar-refractivity contribution is 14.1. The van der Waals surface area contributed by atoms with Gasteiger partial charge in [-0.2, -0.15) is 0 Å². The normalized spacial score (nSPS) is 40.3. The highest BCUT2D eigenvalue weighted by Crippen LogP contribution is 2.60. The van der Waals surface area contributed by atoms with Crippen LogP contribution in [0.2, 0.25) is 0 Å². The van der Waals surface area contributed by atoms with Crippen molar-refractivity contribution >= 4 is 34.3 Å². The number of carbonyl (C=O) groups excluding carboxylic acids is 2. The summed E-state index contributed by atoms with van der Waals surface area (Å²) >= 11 is 2.21. The van der Waals surface area contributed by atoms with E-state index in [1.165, 1.54) is 0 Å². The molecule has 0 N–H and O–H groups in total. The molecule has 0 radical (unpaired) electrons. The first-order valence-corrected chi connectivity index (χ1v) is 11.0. The minimum Gasteiger partial charge on any atom is -0.456 e. The van der Waals surface area contributed by atoms with E-state index in [4.69, 9.17) is 9.47 Å². The molecular formula is C22H27IO4. The van der Waals surface area contributed by atoms with Gasteiger partial charge in [-0.3, -0.25) is 4.79 Å². The fourth-order valence-corrected chi connectivity index (χ4v) is 5.95. The largest absolute Gasteiger partial charge is 0.456 e. The Morgan fingerprint density at radius 1 is 1.26 bits per heavy atom. The molecule has 6 atom stereocenters. The Balaban J connectivity index is 1.67. The summed E-state index contributed by atoms with van der Waals surface area (Å²) in [6, 6.07) is 7.38. The lowest BCUT2D eigenvalue weighted by atomic mass is 9.71. The number of hydrogen-bond acceptors (Lipinski definition) is 4. The van der Waals surface area contributed by atoms with E-state index in [9.17, 15) is 9.59 Å². The van der Waals surface area contributed by atoms with Crippen molar-refractivity contribution in [2.24, 2.45) is 23.7 Å².